The minimum atomic E-state index is -0.354. The molecule has 1 N–H and O–H groups in total. The lowest BCUT2D eigenvalue weighted by atomic mass is 10.0. The van der Waals surface area contributed by atoms with E-state index in [4.69, 9.17) is 16.3 Å². The Labute approximate surface area is 168 Å². The Balaban J connectivity index is 1.63. The summed E-state index contributed by atoms with van der Waals surface area (Å²) in [6.07, 6.45) is 0. The number of benzene rings is 4. The maximum atomic E-state index is 13.3. The number of hydrogen-bond acceptors (Lipinski definition) is 2. The molecule has 140 valence electrons. The monoisotopic (exact) mass is 391 g/mol. The number of nitrogens with one attached hydrogen (secondary N) is 1. The molecule has 4 heteroatoms. The minimum absolute atomic E-state index is 0.274. The Morgan fingerprint density at radius 3 is 2.46 bits per heavy atom. The van der Waals surface area contributed by atoms with Gasteiger partial charge in [-0.3, -0.25) is 0 Å². The lowest BCUT2D eigenvalue weighted by Crippen LogP contribution is -2.05. The van der Waals surface area contributed by atoms with Crippen molar-refractivity contribution in [3.8, 4) is 5.75 Å². The van der Waals surface area contributed by atoms with Gasteiger partial charge in [0.05, 0.1) is 5.02 Å². The lowest BCUT2D eigenvalue weighted by Gasteiger charge is -2.16. The first-order valence-corrected chi connectivity index (χ1v) is 9.45. The summed E-state index contributed by atoms with van der Waals surface area (Å²) in [4.78, 5) is 0. The van der Waals surface area contributed by atoms with Crippen LogP contribution in [-0.2, 0) is 13.2 Å². The fourth-order valence-corrected chi connectivity index (χ4v) is 3.40. The molecule has 4 rings (SSSR count). The number of halogens is 2. The molecule has 0 saturated heterocycles. The van der Waals surface area contributed by atoms with E-state index in [9.17, 15) is 4.39 Å². The quantitative estimate of drug-likeness (QED) is 0.389. The second-order valence-electron chi connectivity index (χ2n) is 6.51. The first kappa shape index (κ1) is 18.3. The molecular weight excluding hydrogens is 373 g/mol. The van der Waals surface area contributed by atoms with Gasteiger partial charge in [-0.2, -0.15) is 0 Å². The molecule has 0 unspecified atom stereocenters. The molecule has 28 heavy (non-hydrogen) atoms. The molecular formula is C24H19ClFNO. The van der Waals surface area contributed by atoms with Crippen LogP contribution in [0.2, 0.25) is 5.02 Å². The number of ether oxygens (including phenoxy) is 1. The van der Waals surface area contributed by atoms with E-state index in [1.54, 1.807) is 6.07 Å². The average molecular weight is 392 g/mol. The topological polar surface area (TPSA) is 21.3 Å². The van der Waals surface area contributed by atoms with Crippen LogP contribution >= 0.6 is 11.6 Å². The van der Waals surface area contributed by atoms with Crippen LogP contribution in [0.25, 0.3) is 10.8 Å². The molecule has 0 spiro atoms. The van der Waals surface area contributed by atoms with E-state index in [-0.39, 0.29) is 12.4 Å². The number of rotatable bonds is 6. The number of hydrogen-bond donors (Lipinski definition) is 1. The standard InChI is InChI=1S/C24H19ClFNO/c25-23-14-19(26)12-10-18(23)16-28-24-13-11-17-6-4-5-9-21(17)22(24)15-27-20-7-2-1-3-8-20/h1-14,27H,15-16H2. The van der Waals surface area contributed by atoms with Crippen LogP contribution in [0.1, 0.15) is 11.1 Å². The molecule has 2 nitrogen and oxygen atoms in total. The van der Waals surface area contributed by atoms with E-state index in [1.165, 1.54) is 12.1 Å². The van der Waals surface area contributed by atoms with Crippen LogP contribution in [0.4, 0.5) is 10.1 Å². The van der Waals surface area contributed by atoms with Crippen molar-refractivity contribution in [3.05, 3.63) is 107 Å². The second kappa shape index (κ2) is 8.32. The van der Waals surface area contributed by atoms with Crippen molar-refractivity contribution in [2.75, 3.05) is 5.32 Å². The summed E-state index contributed by atoms with van der Waals surface area (Å²) < 4.78 is 19.4. The van der Waals surface area contributed by atoms with Crippen molar-refractivity contribution in [2.24, 2.45) is 0 Å². The van der Waals surface area contributed by atoms with Crippen molar-refractivity contribution in [3.63, 3.8) is 0 Å². The van der Waals surface area contributed by atoms with Crippen molar-refractivity contribution >= 4 is 28.1 Å². The second-order valence-corrected chi connectivity index (χ2v) is 6.91. The van der Waals surface area contributed by atoms with Crippen molar-refractivity contribution in [1.29, 1.82) is 0 Å². The average Bonchev–Trinajstić information content (AvgIpc) is 2.72. The fourth-order valence-electron chi connectivity index (χ4n) is 3.17. The molecule has 0 bridgehead atoms. The van der Waals surface area contributed by atoms with Gasteiger partial charge in [-0.1, -0.05) is 66.2 Å². The van der Waals surface area contributed by atoms with Gasteiger partial charge in [0.2, 0.25) is 0 Å². The van der Waals surface area contributed by atoms with Gasteiger partial charge in [-0.15, -0.1) is 0 Å². The van der Waals surface area contributed by atoms with Gasteiger partial charge in [0, 0.05) is 23.4 Å². The van der Waals surface area contributed by atoms with Crippen LogP contribution in [0.3, 0.4) is 0 Å². The highest BCUT2D eigenvalue weighted by molar-refractivity contribution is 6.31. The number of para-hydroxylation sites is 1. The smallest absolute Gasteiger partial charge is 0.125 e. The maximum Gasteiger partial charge on any atom is 0.125 e. The number of fused-ring (bicyclic) bond motifs is 1. The molecule has 0 amide bonds. The molecule has 4 aromatic rings. The van der Waals surface area contributed by atoms with Gasteiger partial charge in [-0.25, -0.2) is 4.39 Å². The number of anilines is 1. The molecule has 0 radical (unpaired) electrons. The summed E-state index contributed by atoms with van der Waals surface area (Å²) in [6, 6.07) is 26.6. The lowest BCUT2D eigenvalue weighted by molar-refractivity contribution is 0.304. The minimum Gasteiger partial charge on any atom is -0.488 e. The molecule has 0 aromatic heterocycles. The Morgan fingerprint density at radius 1 is 0.857 bits per heavy atom. The van der Waals surface area contributed by atoms with Gasteiger partial charge in [0.15, 0.2) is 0 Å². The van der Waals surface area contributed by atoms with Gasteiger partial charge >= 0.3 is 0 Å². The van der Waals surface area contributed by atoms with E-state index in [0.29, 0.717) is 11.6 Å². The van der Waals surface area contributed by atoms with Gasteiger partial charge in [0.25, 0.3) is 0 Å². The molecule has 0 heterocycles. The molecule has 0 aliphatic heterocycles. The van der Waals surface area contributed by atoms with Crippen LogP contribution in [-0.4, -0.2) is 0 Å². The Hall–Kier alpha value is -3.04. The Morgan fingerprint density at radius 2 is 1.64 bits per heavy atom. The zero-order chi connectivity index (χ0) is 19.3. The van der Waals surface area contributed by atoms with Gasteiger partial charge < -0.3 is 10.1 Å². The van der Waals surface area contributed by atoms with E-state index in [2.05, 4.69) is 17.4 Å². The zero-order valence-corrected chi connectivity index (χ0v) is 15.9. The van der Waals surface area contributed by atoms with Crippen LogP contribution in [0, 0.1) is 5.82 Å². The Kier molecular flexibility index (Phi) is 5.45. The normalized spacial score (nSPS) is 10.8. The zero-order valence-electron chi connectivity index (χ0n) is 15.2. The molecule has 4 aromatic carbocycles. The predicted octanol–water partition coefficient (Wildman–Crippen LogP) is 6.82. The molecule has 0 atom stereocenters. The van der Waals surface area contributed by atoms with Crippen molar-refractivity contribution in [2.45, 2.75) is 13.2 Å². The van der Waals surface area contributed by atoms with Crippen LogP contribution in [0.5, 0.6) is 5.75 Å². The van der Waals surface area contributed by atoms with E-state index >= 15 is 0 Å². The highest BCUT2D eigenvalue weighted by atomic mass is 35.5. The summed E-state index contributed by atoms with van der Waals surface area (Å²) in [5, 5.41) is 6.11. The molecule has 0 aliphatic rings. The maximum absolute atomic E-state index is 13.3. The van der Waals surface area contributed by atoms with E-state index in [0.717, 1.165) is 33.3 Å². The molecule has 0 fully saturated rings. The van der Waals surface area contributed by atoms with Crippen molar-refractivity contribution < 1.29 is 9.13 Å². The summed E-state index contributed by atoms with van der Waals surface area (Å²) in [5.41, 5.74) is 2.86. The van der Waals surface area contributed by atoms with Crippen molar-refractivity contribution in [1.82, 2.24) is 0 Å². The van der Waals surface area contributed by atoms with Gasteiger partial charge in [0.1, 0.15) is 18.2 Å². The predicted molar refractivity (Wildman–Crippen MR) is 113 cm³/mol. The third-order valence-corrected chi connectivity index (χ3v) is 4.99. The molecule has 0 saturated carbocycles. The van der Waals surface area contributed by atoms with Crippen LogP contribution in [0.15, 0.2) is 84.9 Å². The summed E-state index contributed by atoms with van der Waals surface area (Å²) >= 11 is 6.14. The third kappa shape index (κ3) is 4.10. The third-order valence-electron chi connectivity index (χ3n) is 4.64. The van der Waals surface area contributed by atoms with E-state index in [1.807, 2.05) is 54.6 Å². The van der Waals surface area contributed by atoms with E-state index < -0.39 is 0 Å². The van der Waals surface area contributed by atoms with Crippen LogP contribution < -0.4 is 10.1 Å². The highest BCUT2D eigenvalue weighted by Crippen LogP contribution is 2.30. The first-order valence-electron chi connectivity index (χ1n) is 9.07. The first-order chi connectivity index (χ1) is 13.7. The SMILES string of the molecule is Fc1ccc(COc2ccc3ccccc3c2CNc2ccccc2)c(Cl)c1. The highest BCUT2D eigenvalue weighted by Gasteiger charge is 2.11. The summed E-state index contributed by atoms with van der Waals surface area (Å²) in [5.74, 6) is 0.426. The summed E-state index contributed by atoms with van der Waals surface area (Å²) in [7, 11) is 0. The molecule has 0 aliphatic carbocycles. The summed E-state index contributed by atoms with van der Waals surface area (Å²) in [6.45, 7) is 0.896. The fraction of sp³-hybridized carbons (Fsp3) is 0.0833. The van der Waals surface area contributed by atoms with Gasteiger partial charge in [-0.05, 0) is 41.1 Å². The largest absolute Gasteiger partial charge is 0.488 e. The Bertz CT molecular complexity index is 1100.